The molecule has 0 aliphatic rings. The molecule has 35 heavy (non-hydrogen) atoms. The number of aryl methyl sites for hydroxylation is 1. The summed E-state index contributed by atoms with van der Waals surface area (Å²) in [6.07, 6.45) is 1.43. The predicted octanol–water partition coefficient (Wildman–Crippen LogP) is 1.14. The van der Waals surface area contributed by atoms with Crippen molar-refractivity contribution in [2.24, 2.45) is 0 Å². The number of nitrogens with zero attached hydrogens (tertiary/aromatic N) is 3. The Morgan fingerprint density at radius 2 is 1.83 bits per heavy atom. The molecule has 4 heterocycles. The van der Waals surface area contributed by atoms with Gasteiger partial charge in [-0.1, -0.05) is 12.1 Å². The van der Waals surface area contributed by atoms with Crippen molar-refractivity contribution in [3.63, 3.8) is 0 Å². The molecule has 0 amide bonds. The van der Waals surface area contributed by atoms with Crippen LogP contribution in [-0.4, -0.2) is 32.9 Å². The molecule has 180 valence electrons. The highest BCUT2D eigenvalue weighted by atomic mass is 35.5. The summed E-state index contributed by atoms with van der Waals surface area (Å²) >= 11 is 0. The topological polar surface area (TPSA) is 87.5 Å². The number of halogens is 5. The van der Waals surface area contributed by atoms with E-state index in [1.807, 2.05) is 0 Å². The molecule has 0 fully saturated rings. The number of hydrogen-bond acceptors (Lipinski definition) is 4. The van der Waals surface area contributed by atoms with Gasteiger partial charge < -0.3 is 22.1 Å². The highest BCUT2D eigenvalue weighted by Crippen LogP contribution is 2.36. The highest BCUT2D eigenvalue weighted by molar-refractivity contribution is 6.05. The number of ether oxygens (including phenoxy) is 1. The van der Waals surface area contributed by atoms with E-state index in [9.17, 15) is 22.4 Å². The van der Waals surface area contributed by atoms with Gasteiger partial charge in [0.25, 0.3) is 5.69 Å². The van der Waals surface area contributed by atoms with Crippen LogP contribution in [0.1, 0.15) is 5.56 Å². The molecule has 5 rings (SSSR count). The second-order valence-electron chi connectivity index (χ2n) is 7.59. The van der Waals surface area contributed by atoms with E-state index >= 15 is 0 Å². The van der Waals surface area contributed by atoms with Gasteiger partial charge in [0.15, 0.2) is 19.0 Å². The van der Waals surface area contributed by atoms with Crippen LogP contribution in [0.3, 0.4) is 0 Å². The Labute approximate surface area is 200 Å². The van der Waals surface area contributed by atoms with Gasteiger partial charge in [-0.15, -0.1) is 0 Å². The standard InChI is InChI=1S/C23H15F4N5O2.ClH/c1-12-16(34-11-23(25,26)27)10-28-20-17(13-5-6-15(24)19-14(13)9-29-31-19)21(22(33)30-18(12)20)32-7-3-2-4-8-32;/h2-10H,11H2,1H3,(H-,29,30,31,33);1H. The zero-order chi connectivity index (χ0) is 24.0. The number of hydrogen-bond donors (Lipinski definition) is 2. The molecule has 1 aromatic carbocycles. The molecule has 0 unspecified atom stereocenters. The van der Waals surface area contributed by atoms with Crippen LogP contribution >= 0.6 is 0 Å². The Morgan fingerprint density at radius 3 is 2.54 bits per heavy atom. The molecule has 7 nitrogen and oxygen atoms in total. The van der Waals surface area contributed by atoms with Crippen molar-refractivity contribution in [3.8, 4) is 22.6 Å². The van der Waals surface area contributed by atoms with Gasteiger partial charge >= 0.3 is 11.7 Å². The van der Waals surface area contributed by atoms with Gasteiger partial charge in [0, 0.05) is 28.6 Å². The second-order valence-corrected chi connectivity index (χ2v) is 7.59. The number of fused-ring (bicyclic) bond motifs is 2. The van der Waals surface area contributed by atoms with Gasteiger partial charge in [-0.2, -0.15) is 22.8 Å². The fourth-order valence-corrected chi connectivity index (χ4v) is 3.90. The molecule has 12 heteroatoms. The normalized spacial score (nSPS) is 11.6. The summed E-state index contributed by atoms with van der Waals surface area (Å²) in [4.78, 5) is 20.4. The summed E-state index contributed by atoms with van der Waals surface area (Å²) in [7, 11) is 0. The van der Waals surface area contributed by atoms with E-state index in [1.165, 1.54) is 31.5 Å². The molecule has 5 aromatic rings. The maximum atomic E-state index is 14.4. The van der Waals surface area contributed by atoms with E-state index in [1.54, 1.807) is 35.2 Å². The lowest BCUT2D eigenvalue weighted by atomic mass is 9.98. The summed E-state index contributed by atoms with van der Waals surface area (Å²) in [6, 6.07) is 8.01. The predicted molar refractivity (Wildman–Crippen MR) is 115 cm³/mol. The fraction of sp³-hybridized carbons (Fsp3) is 0.130. The number of H-pyrrole nitrogens is 2. The van der Waals surface area contributed by atoms with Crippen molar-refractivity contribution in [1.29, 1.82) is 0 Å². The number of nitrogens with one attached hydrogen (secondary N) is 2. The average molecular weight is 506 g/mol. The molecule has 0 bridgehead atoms. The smallest absolute Gasteiger partial charge is 0.422 e. The molecule has 0 aliphatic heterocycles. The molecule has 2 N–H and O–H groups in total. The molecule has 0 aliphatic carbocycles. The maximum absolute atomic E-state index is 14.4. The Kier molecular flexibility index (Phi) is 6.20. The van der Waals surface area contributed by atoms with Gasteiger partial charge in [0.05, 0.1) is 23.5 Å². The van der Waals surface area contributed by atoms with Crippen LogP contribution < -0.4 is 27.3 Å². The Balaban J connectivity index is 0.00000289. The van der Waals surface area contributed by atoms with E-state index < -0.39 is 24.2 Å². The lowest BCUT2D eigenvalue weighted by Crippen LogP contribution is -3.00. The van der Waals surface area contributed by atoms with Crippen molar-refractivity contribution < 1.29 is 39.3 Å². The monoisotopic (exact) mass is 505 g/mol. The van der Waals surface area contributed by atoms with E-state index in [-0.39, 0.29) is 40.4 Å². The molecule has 0 radical (unpaired) electrons. The fourth-order valence-electron chi connectivity index (χ4n) is 3.90. The van der Waals surface area contributed by atoms with Crippen molar-refractivity contribution >= 4 is 21.9 Å². The zero-order valence-corrected chi connectivity index (χ0v) is 18.7. The second kappa shape index (κ2) is 8.99. The Bertz CT molecular complexity index is 1600. The summed E-state index contributed by atoms with van der Waals surface area (Å²) in [5.74, 6) is -0.634. The van der Waals surface area contributed by atoms with Gasteiger partial charge in [-0.25, -0.2) is 9.37 Å². The number of alkyl halides is 3. The minimum atomic E-state index is -4.53. The van der Waals surface area contributed by atoms with Crippen LogP contribution in [0.2, 0.25) is 0 Å². The first-order valence-electron chi connectivity index (χ1n) is 10.1. The third kappa shape index (κ3) is 4.30. The van der Waals surface area contributed by atoms with Crippen LogP contribution in [0.15, 0.2) is 59.9 Å². The molecule has 0 atom stereocenters. The number of aromatic nitrogens is 5. The number of benzene rings is 1. The number of pyridine rings is 3. The van der Waals surface area contributed by atoms with Crippen molar-refractivity contribution in [2.75, 3.05) is 6.61 Å². The van der Waals surface area contributed by atoms with E-state index in [4.69, 9.17) is 4.74 Å². The SMILES string of the molecule is Cc1c(OCC(F)(F)F)cnc2c(-c3ccc(F)c4[nH]ncc34)c(-[n+]3ccccc3)c(=O)[nH]c12.[Cl-]. The van der Waals surface area contributed by atoms with Gasteiger partial charge in [0.2, 0.25) is 0 Å². The van der Waals surface area contributed by atoms with Gasteiger partial charge in [-0.05, 0) is 13.0 Å². The largest absolute Gasteiger partial charge is 1.00 e. The maximum Gasteiger partial charge on any atom is 0.422 e. The molecule has 4 aromatic heterocycles. The van der Waals surface area contributed by atoms with Crippen LogP contribution in [0, 0.1) is 12.7 Å². The van der Waals surface area contributed by atoms with Crippen LogP contribution in [0.4, 0.5) is 17.6 Å². The third-order valence-electron chi connectivity index (χ3n) is 5.42. The summed E-state index contributed by atoms with van der Waals surface area (Å²) in [6.45, 7) is 0.0343. The van der Waals surface area contributed by atoms with Crippen LogP contribution in [0.5, 0.6) is 5.75 Å². The van der Waals surface area contributed by atoms with E-state index in [2.05, 4.69) is 20.2 Å². The van der Waals surface area contributed by atoms with Gasteiger partial charge in [0.1, 0.15) is 22.6 Å². The first-order chi connectivity index (χ1) is 16.2. The van der Waals surface area contributed by atoms with Crippen molar-refractivity contribution in [1.82, 2.24) is 20.2 Å². The van der Waals surface area contributed by atoms with Crippen molar-refractivity contribution in [3.05, 3.63) is 76.9 Å². The molecular formula is C23H16ClF4N5O2. The van der Waals surface area contributed by atoms with Crippen LogP contribution in [-0.2, 0) is 0 Å². The molecule has 0 spiro atoms. The lowest BCUT2D eigenvalue weighted by molar-refractivity contribution is -0.596. The Morgan fingerprint density at radius 1 is 1.09 bits per heavy atom. The lowest BCUT2D eigenvalue weighted by Gasteiger charge is -2.15. The Hall–Kier alpha value is -3.99. The van der Waals surface area contributed by atoms with E-state index in [0.717, 1.165) is 0 Å². The number of rotatable bonds is 4. The average Bonchev–Trinajstić information content (AvgIpc) is 3.30. The van der Waals surface area contributed by atoms with Gasteiger partial charge in [-0.3, -0.25) is 9.89 Å². The molecule has 0 saturated heterocycles. The summed E-state index contributed by atoms with van der Waals surface area (Å²) in [5.41, 5.74) is 1.48. The van der Waals surface area contributed by atoms with E-state index in [0.29, 0.717) is 22.0 Å². The number of aromatic amines is 2. The minimum Gasteiger partial charge on any atom is -1.00 e. The summed E-state index contributed by atoms with van der Waals surface area (Å²) in [5, 5.41) is 6.95. The van der Waals surface area contributed by atoms with Crippen molar-refractivity contribution in [2.45, 2.75) is 13.1 Å². The highest BCUT2D eigenvalue weighted by Gasteiger charge is 2.30. The first-order valence-corrected chi connectivity index (χ1v) is 10.1. The molecule has 0 saturated carbocycles. The van der Waals surface area contributed by atoms with Crippen LogP contribution in [0.25, 0.3) is 38.8 Å². The molecular weight excluding hydrogens is 490 g/mol. The third-order valence-corrected chi connectivity index (χ3v) is 5.42. The quantitative estimate of drug-likeness (QED) is 0.283. The zero-order valence-electron chi connectivity index (χ0n) is 18.0. The summed E-state index contributed by atoms with van der Waals surface area (Å²) < 4.78 is 58.9. The minimum absolute atomic E-state index is 0. The first kappa shape index (κ1) is 24.1.